The number of nitrogens with zero attached hydrogens (tertiary/aromatic N) is 4. The lowest BCUT2D eigenvalue weighted by molar-refractivity contribution is -0.139. The van der Waals surface area contributed by atoms with Gasteiger partial charge in [0.2, 0.25) is 5.91 Å². The molecule has 2 heterocycles. The highest BCUT2D eigenvalue weighted by Crippen LogP contribution is 2.34. The highest BCUT2D eigenvalue weighted by molar-refractivity contribution is 6.11. The number of aromatic nitrogens is 2. The Kier molecular flexibility index (Phi) is 5.39. The van der Waals surface area contributed by atoms with Gasteiger partial charge in [-0.25, -0.2) is 15.0 Å². The van der Waals surface area contributed by atoms with Crippen molar-refractivity contribution in [1.82, 2.24) is 14.6 Å². The first-order valence-electron chi connectivity index (χ1n) is 9.67. The van der Waals surface area contributed by atoms with Gasteiger partial charge < -0.3 is 0 Å². The molecule has 0 unspecified atom stereocenters. The fourth-order valence-corrected chi connectivity index (χ4v) is 3.49. The number of hydrogen-bond acceptors (Lipinski definition) is 5. The molecule has 32 heavy (non-hydrogen) atoms. The quantitative estimate of drug-likeness (QED) is 0.728. The third kappa shape index (κ3) is 3.80. The molecule has 0 spiro atoms. The summed E-state index contributed by atoms with van der Waals surface area (Å²) in [5.41, 5.74) is -0.943. The second-order valence-electron chi connectivity index (χ2n) is 7.06. The van der Waals surface area contributed by atoms with Crippen LogP contribution in [0.1, 0.15) is 30.3 Å². The summed E-state index contributed by atoms with van der Waals surface area (Å²) in [6.07, 6.45) is 2.32. The summed E-state index contributed by atoms with van der Waals surface area (Å²) >= 11 is 0. The van der Waals surface area contributed by atoms with Gasteiger partial charge in [-0.15, -0.1) is 0 Å². The van der Waals surface area contributed by atoms with Crippen LogP contribution in [0.25, 0.3) is 11.4 Å². The van der Waals surface area contributed by atoms with Crippen LogP contribution in [-0.4, -0.2) is 31.4 Å². The van der Waals surface area contributed by atoms with Crippen molar-refractivity contribution in [3.05, 3.63) is 87.6 Å². The molecule has 1 N–H and O–H groups in total. The van der Waals surface area contributed by atoms with E-state index in [1.165, 1.54) is 6.07 Å². The van der Waals surface area contributed by atoms with Crippen molar-refractivity contribution in [3.63, 3.8) is 0 Å². The molecule has 2 aromatic rings. The summed E-state index contributed by atoms with van der Waals surface area (Å²) in [4.78, 5) is 32.0. The SMILES string of the molecule is CCC(=O)N=C1C=CC(=C2c3ccccc3-n3c(ncc(C(F)(F)F)c3=O)CN2O)C=C1. The first-order valence-corrected chi connectivity index (χ1v) is 9.67. The fourth-order valence-electron chi connectivity index (χ4n) is 3.49. The Bertz CT molecular complexity index is 1270. The lowest BCUT2D eigenvalue weighted by atomic mass is 10.00. The van der Waals surface area contributed by atoms with Crippen LogP contribution in [0.15, 0.2) is 70.1 Å². The minimum Gasteiger partial charge on any atom is -0.288 e. The minimum atomic E-state index is -4.87. The molecule has 1 amide bonds. The number of carbonyl (C=O) groups excluding carboxylic acids is 1. The van der Waals surface area contributed by atoms with Gasteiger partial charge in [0.15, 0.2) is 0 Å². The highest BCUT2D eigenvalue weighted by Gasteiger charge is 2.37. The van der Waals surface area contributed by atoms with Gasteiger partial charge in [0.1, 0.15) is 17.9 Å². The predicted molar refractivity (Wildman–Crippen MR) is 110 cm³/mol. The number of rotatable bonds is 1. The molecule has 1 aromatic heterocycles. The summed E-state index contributed by atoms with van der Waals surface area (Å²) in [6.45, 7) is 1.37. The molecular weight excluding hydrogens is 425 g/mol. The van der Waals surface area contributed by atoms with Crippen LogP contribution in [0, 0.1) is 0 Å². The normalized spacial score (nSPS) is 15.4. The average molecular weight is 442 g/mol. The second-order valence-corrected chi connectivity index (χ2v) is 7.06. The topological polar surface area (TPSA) is 87.8 Å². The van der Waals surface area contributed by atoms with E-state index in [0.717, 1.165) is 9.63 Å². The lowest BCUT2D eigenvalue weighted by Crippen LogP contribution is -2.31. The number of alkyl halides is 3. The Morgan fingerprint density at radius 2 is 1.88 bits per heavy atom. The number of aliphatic imine (C=N–C) groups is 1. The molecule has 7 nitrogen and oxygen atoms in total. The van der Waals surface area contributed by atoms with Crippen LogP contribution in [0.2, 0.25) is 0 Å². The van der Waals surface area contributed by atoms with Crippen molar-refractivity contribution in [2.24, 2.45) is 4.99 Å². The number of hydrogen-bond donors (Lipinski definition) is 1. The Labute approximate surface area is 180 Å². The number of para-hydroxylation sites is 1. The largest absolute Gasteiger partial charge is 0.423 e. The van der Waals surface area contributed by atoms with Crippen LogP contribution >= 0.6 is 0 Å². The van der Waals surface area contributed by atoms with Crippen molar-refractivity contribution in [2.75, 3.05) is 0 Å². The van der Waals surface area contributed by atoms with E-state index >= 15 is 0 Å². The molecule has 0 radical (unpaired) electrons. The Hall–Kier alpha value is -3.79. The molecule has 0 fully saturated rings. The lowest BCUT2D eigenvalue weighted by Gasteiger charge is -2.21. The van der Waals surface area contributed by atoms with Gasteiger partial charge in [-0.1, -0.05) is 37.3 Å². The molecule has 0 bridgehead atoms. The van der Waals surface area contributed by atoms with E-state index in [2.05, 4.69) is 9.98 Å². The summed E-state index contributed by atoms with van der Waals surface area (Å²) in [5.74, 6) is -0.330. The molecule has 10 heteroatoms. The third-order valence-corrected chi connectivity index (χ3v) is 4.99. The molecule has 4 rings (SSSR count). The van der Waals surface area contributed by atoms with Crippen LogP contribution in [-0.2, 0) is 17.5 Å². The Morgan fingerprint density at radius 3 is 2.53 bits per heavy atom. The minimum absolute atomic E-state index is 0.0480. The zero-order chi connectivity index (χ0) is 23.0. The van der Waals surface area contributed by atoms with E-state index in [0.29, 0.717) is 23.0 Å². The van der Waals surface area contributed by atoms with Gasteiger partial charge >= 0.3 is 6.18 Å². The van der Waals surface area contributed by atoms with E-state index in [1.807, 2.05) is 0 Å². The second kappa shape index (κ2) is 8.04. The first-order chi connectivity index (χ1) is 15.2. The standard InChI is InChI=1S/C22H17F3N4O3/c1-2-19(30)27-14-9-7-13(8-10-14)20-15-5-3-4-6-17(15)29-18(12-28(20)32)26-11-16(21(29)31)22(23,24)25/h3-11,32H,2,12H2,1H3. The number of carbonyl (C=O) groups is 1. The fraction of sp³-hybridized carbons (Fsp3) is 0.182. The summed E-state index contributed by atoms with van der Waals surface area (Å²) in [6, 6.07) is 6.31. The van der Waals surface area contributed by atoms with E-state index in [-0.39, 0.29) is 36.1 Å². The molecule has 1 aliphatic heterocycles. The zero-order valence-corrected chi connectivity index (χ0v) is 16.8. The maximum Gasteiger partial charge on any atom is 0.423 e. The molecule has 2 aliphatic rings. The molecule has 1 aliphatic carbocycles. The number of hydroxylamine groups is 2. The number of halogens is 3. The van der Waals surface area contributed by atoms with Crippen molar-refractivity contribution < 1.29 is 23.2 Å². The monoisotopic (exact) mass is 442 g/mol. The third-order valence-electron chi connectivity index (χ3n) is 4.99. The Morgan fingerprint density at radius 1 is 1.19 bits per heavy atom. The number of allylic oxidation sites excluding steroid dienone is 5. The smallest absolute Gasteiger partial charge is 0.288 e. The van der Waals surface area contributed by atoms with Gasteiger partial charge in [-0.05, 0) is 18.2 Å². The van der Waals surface area contributed by atoms with E-state index < -0.39 is 17.3 Å². The average Bonchev–Trinajstić information content (AvgIpc) is 2.87. The van der Waals surface area contributed by atoms with Gasteiger partial charge in [0, 0.05) is 23.8 Å². The van der Waals surface area contributed by atoms with Crippen molar-refractivity contribution in [1.29, 1.82) is 0 Å². The van der Waals surface area contributed by atoms with E-state index in [9.17, 15) is 28.0 Å². The first kappa shape index (κ1) is 21.4. The predicted octanol–water partition coefficient (Wildman–Crippen LogP) is 3.67. The molecular formula is C22H17F3N4O3. The van der Waals surface area contributed by atoms with Crippen LogP contribution in [0.5, 0.6) is 0 Å². The molecule has 164 valence electrons. The van der Waals surface area contributed by atoms with Gasteiger partial charge in [0.25, 0.3) is 5.56 Å². The molecule has 0 saturated heterocycles. The molecule has 1 aromatic carbocycles. The summed E-state index contributed by atoms with van der Waals surface area (Å²) < 4.78 is 40.8. The van der Waals surface area contributed by atoms with Crippen LogP contribution in [0.3, 0.4) is 0 Å². The van der Waals surface area contributed by atoms with Crippen LogP contribution < -0.4 is 5.56 Å². The number of amides is 1. The molecule has 0 atom stereocenters. The van der Waals surface area contributed by atoms with Gasteiger partial charge in [-0.3, -0.25) is 19.4 Å². The Balaban J connectivity index is 1.91. The maximum atomic E-state index is 13.3. The van der Waals surface area contributed by atoms with Crippen LogP contribution in [0.4, 0.5) is 13.2 Å². The maximum absolute atomic E-state index is 13.3. The van der Waals surface area contributed by atoms with E-state index in [1.54, 1.807) is 49.4 Å². The summed E-state index contributed by atoms with van der Waals surface area (Å²) in [7, 11) is 0. The molecule has 0 saturated carbocycles. The van der Waals surface area contributed by atoms with Crippen molar-refractivity contribution in [2.45, 2.75) is 26.1 Å². The number of benzene rings is 1. The van der Waals surface area contributed by atoms with Crippen molar-refractivity contribution in [3.8, 4) is 5.69 Å². The highest BCUT2D eigenvalue weighted by atomic mass is 19.4. The van der Waals surface area contributed by atoms with E-state index in [4.69, 9.17) is 0 Å². The van der Waals surface area contributed by atoms with Crippen molar-refractivity contribution >= 4 is 17.3 Å². The summed E-state index contributed by atoms with van der Waals surface area (Å²) in [5, 5.41) is 11.6. The zero-order valence-electron chi connectivity index (χ0n) is 16.8. The number of fused-ring (bicyclic) bond motifs is 3. The van der Waals surface area contributed by atoms with Gasteiger partial charge in [-0.2, -0.15) is 13.2 Å². The van der Waals surface area contributed by atoms with Gasteiger partial charge in [0.05, 0.1) is 17.1 Å².